The molecule has 0 unspecified atom stereocenters. The number of hydrogen-bond acceptors (Lipinski definition) is 4. The van der Waals surface area contributed by atoms with E-state index in [2.05, 4.69) is 10.0 Å². The second kappa shape index (κ2) is 8.42. The highest BCUT2D eigenvalue weighted by atomic mass is 35.5. The molecule has 4 N–H and O–H groups in total. The lowest BCUT2D eigenvalue weighted by Gasteiger charge is -2.10. The molecule has 0 radical (unpaired) electrons. The van der Waals surface area contributed by atoms with Crippen molar-refractivity contribution >= 4 is 39.1 Å². The largest absolute Gasteiger partial charge is 0.366 e. The molecule has 7 nitrogen and oxygen atoms in total. The third kappa shape index (κ3) is 5.46. The van der Waals surface area contributed by atoms with E-state index in [0.717, 1.165) is 6.07 Å². The first-order chi connectivity index (χ1) is 12.6. The third-order valence-corrected chi connectivity index (χ3v) is 5.04. The predicted molar refractivity (Wildman–Crippen MR) is 94.8 cm³/mol. The van der Waals surface area contributed by atoms with E-state index in [0.29, 0.717) is 6.07 Å². The van der Waals surface area contributed by atoms with Gasteiger partial charge in [-0.25, -0.2) is 21.9 Å². The summed E-state index contributed by atoms with van der Waals surface area (Å²) in [7, 11) is -3.88. The van der Waals surface area contributed by atoms with Gasteiger partial charge in [-0.15, -0.1) is 0 Å². The molecular formula is C16H14ClF2N3O4S. The fourth-order valence-corrected chi connectivity index (χ4v) is 3.39. The van der Waals surface area contributed by atoms with Crippen LogP contribution in [0.25, 0.3) is 0 Å². The van der Waals surface area contributed by atoms with Crippen molar-refractivity contribution in [3.63, 3.8) is 0 Å². The molecule has 0 atom stereocenters. The van der Waals surface area contributed by atoms with Gasteiger partial charge in [-0.05, 0) is 24.3 Å². The maximum absolute atomic E-state index is 13.7. The normalized spacial score (nSPS) is 11.2. The Morgan fingerprint density at radius 2 is 1.81 bits per heavy atom. The lowest BCUT2D eigenvalue weighted by molar-refractivity contribution is -0.116. The minimum atomic E-state index is -3.88. The standard InChI is InChI=1S/C16H14ClF2N3O4S/c17-9-2-1-3-10(6-9)27(25,26)21-5-4-15(23)22-14-7-11(16(20)24)12(18)8-13(14)19/h1-3,6-8,21H,4-5H2,(H2,20,24)(H,22,23). The Hall–Kier alpha value is -2.56. The first-order valence-corrected chi connectivity index (χ1v) is 9.30. The molecule has 0 fully saturated rings. The summed E-state index contributed by atoms with van der Waals surface area (Å²) in [5.41, 5.74) is 3.92. The molecule has 0 heterocycles. The SMILES string of the molecule is NC(=O)c1cc(NC(=O)CCNS(=O)(=O)c2cccc(Cl)c2)c(F)cc1F. The van der Waals surface area contributed by atoms with Crippen LogP contribution in [-0.4, -0.2) is 26.8 Å². The van der Waals surface area contributed by atoms with Crippen molar-refractivity contribution in [2.24, 2.45) is 5.73 Å². The Morgan fingerprint density at radius 3 is 2.44 bits per heavy atom. The van der Waals surface area contributed by atoms with Crippen molar-refractivity contribution < 1.29 is 26.8 Å². The molecule has 0 aliphatic heterocycles. The van der Waals surface area contributed by atoms with Gasteiger partial charge in [-0.1, -0.05) is 17.7 Å². The van der Waals surface area contributed by atoms with E-state index in [1.165, 1.54) is 24.3 Å². The molecule has 0 aliphatic carbocycles. The zero-order chi connectivity index (χ0) is 20.2. The van der Waals surface area contributed by atoms with Crippen LogP contribution in [0.1, 0.15) is 16.8 Å². The van der Waals surface area contributed by atoms with Crippen molar-refractivity contribution in [2.75, 3.05) is 11.9 Å². The number of rotatable bonds is 7. The Bertz CT molecular complexity index is 999. The van der Waals surface area contributed by atoms with Crippen LogP contribution in [0, 0.1) is 11.6 Å². The summed E-state index contributed by atoms with van der Waals surface area (Å²) < 4.78 is 53.5. The monoisotopic (exact) mass is 417 g/mol. The van der Waals surface area contributed by atoms with Crippen molar-refractivity contribution in [1.82, 2.24) is 4.72 Å². The van der Waals surface area contributed by atoms with Crippen molar-refractivity contribution in [2.45, 2.75) is 11.3 Å². The van der Waals surface area contributed by atoms with Crippen LogP contribution in [0.15, 0.2) is 41.3 Å². The number of primary amides is 1. The quantitative estimate of drug-likeness (QED) is 0.638. The smallest absolute Gasteiger partial charge is 0.251 e. The van der Waals surface area contributed by atoms with Crippen LogP contribution in [0.4, 0.5) is 14.5 Å². The van der Waals surface area contributed by atoms with Gasteiger partial charge in [0.2, 0.25) is 15.9 Å². The van der Waals surface area contributed by atoms with E-state index in [1.54, 1.807) is 0 Å². The average Bonchev–Trinajstić information content (AvgIpc) is 2.56. The molecular weight excluding hydrogens is 404 g/mol. The summed E-state index contributed by atoms with van der Waals surface area (Å²) in [5.74, 6) is -4.15. The number of amides is 2. The Labute approximate surface area is 158 Å². The fourth-order valence-electron chi connectivity index (χ4n) is 2.06. The van der Waals surface area contributed by atoms with Gasteiger partial charge in [0.15, 0.2) is 0 Å². The highest BCUT2D eigenvalue weighted by molar-refractivity contribution is 7.89. The van der Waals surface area contributed by atoms with Gasteiger partial charge in [0.05, 0.1) is 16.1 Å². The molecule has 2 rings (SSSR count). The number of sulfonamides is 1. The molecule has 0 saturated heterocycles. The maximum Gasteiger partial charge on any atom is 0.251 e. The molecule has 27 heavy (non-hydrogen) atoms. The minimum absolute atomic E-state index is 0.0777. The topological polar surface area (TPSA) is 118 Å². The number of benzene rings is 2. The molecule has 11 heteroatoms. The van der Waals surface area contributed by atoms with E-state index in [4.69, 9.17) is 17.3 Å². The highest BCUT2D eigenvalue weighted by Gasteiger charge is 2.17. The van der Waals surface area contributed by atoms with E-state index < -0.39 is 44.7 Å². The van der Waals surface area contributed by atoms with Gasteiger partial charge < -0.3 is 11.1 Å². The summed E-state index contributed by atoms with van der Waals surface area (Å²) in [4.78, 5) is 22.9. The summed E-state index contributed by atoms with van der Waals surface area (Å²) in [5, 5.41) is 2.35. The highest BCUT2D eigenvalue weighted by Crippen LogP contribution is 2.19. The number of hydrogen-bond donors (Lipinski definition) is 3. The zero-order valence-electron chi connectivity index (χ0n) is 13.6. The van der Waals surface area contributed by atoms with Crippen LogP contribution in [-0.2, 0) is 14.8 Å². The number of nitrogens with one attached hydrogen (secondary N) is 2. The number of carbonyl (C=O) groups excluding carboxylic acids is 2. The summed E-state index contributed by atoms with van der Waals surface area (Å²) in [6, 6.07) is 6.71. The molecule has 0 aliphatic rings. The molecule has 0 spiro atoms. The van der Waals surface area contributed by atoms with Gasteiger partial charge in [-0.2, -0.15) is 0 Å². The second-order valence-electron chi connectivity index (χ2n) is 5.33. The number of nitrogens with two attached hydrogens (primary N) is 1. The van der Waals surface area contributed by atoms with Crippen LogP contribution in [0.5, 0.6) is 0 Å². The zero-order valence-corrected chi connectivity index (χ0v) is 15.2. The number of halogens is 3. The van der Waals surface area contributed by atoms with E-state index in [1.807, 2.05) is 0 Å². The van der Waals surface area contributed by atoms with Crippen LogP contribution >= 0.6 is 11.6 Å². The first kappa shape index (κ1) is 20.7. The predicted octanol–water partition coefficient (Wildman–Crippen LogP) is 2.02. The van der Waals surface area contributed by atoms with Gasteiger partial charge in [-0.3, -0.25) is 9.59 Å². The van der Waals surface area contributed by atoms with Crippen molar-refractivity contribution in [3.8, 4) is 0 Å². The van der Waals surface area contributed by atoms with Crippen LogP contribution < -0.4 is 15.8 Å². The lowest BCUT2D eigenvalue weighted by atomic mass is 10.1. The first-order valence-electron chi connectivity index (χ1n) is 7.44. The van der Waals surface area contributed by atoms with E-state index >= 15 is 0 Å². The van der Waals surface area contributed by atoms with Gasteiger partial charge >= 0.3 is 0 Å². The van der Waals surface area contributed by atoms with Gasteiger partial charge in [0.25, 0.3) is 5.91 Å². The molecule has 0 bridgehead atoms. The van der Waals surface area contributed by atoms with Crippen LogP contribution in [0.2, 0.25) is 5.02 Å². The van der Waals surface area contributed by atoms with Crippen LogP contribution in [0.3, 0.4) is 0 Å². The number of anilines is 1. The second-order valence-corrected chi connectivity index (χ2v) is 7.53. The molecule has 2 aromatic carbocycles. The summed E-state index contributed by atoms with van der Waals surface area (Å²) >= 11 is 5.74. The molecule has 0 saturated carbocycles. The summed E-state index contributed by atoms with van der Waals surface area (Å²) in [6.45, 7) is -0.286. The molecule has 144 valence electrons. The molecule has 0 aromatic heterocycles. The minimum Gasteiger partial charge on any atom is -0.366 e. The third-order valence-electron chi connectivity index (χ3n) is 3.35. The number of carbonyl (C=O) groups is 2. The van der Waals surface area contributed by atoms with E-state index in [9.17, 15) is 26.8 Å². The lowest BCUT2D eigenvalue weighted by Crippen LogP contribution is -2.28. The Kier molecular flexibility index (Phi) is 6.47. The maximum atomic E-state index is 13.7. The summed E-state index contributed by atoms with van der Waals surface area (Å²) in [6.07, 6.45) is -0.345. The molecule has 2 amide bonds. The van der Waals surface area contributed by atoms with Crippen molar-refractivity contribution in [1.29, 1.82) is 0 Å². The van der Waals surface area contributed by atoms with E-state index in [-0.39, 0.29) is 22.9 Å². The Morgan fingerprint density at radius 1 is 1.11 bits per heavy atom. The average molecular weight is 418 g/mol. The fraction of sp³-hybridized carbons (Fsp3) is 0.125. The van der Waals surface area contributed by atoms with Gasteiger partial charge in [0, 0.05) is 24.1 Å². The van der Waals surface area contributed by atoms with Crippen molar-refractivity contribution in [3.05, 3.63) is 58.6 Å². The Balaban J connectivity index is 1.99. The molecule has 2 aromatic rings. The van der Waals surface area contributed by atoms with Gasteiger partial charge in [0.1, 0.15) is 11.6 Å².